The number of piperidine rings is 1. The van der Waals surface area contributed by atoms with Crippen LogP contribution >= 0.6 is 52.0 Å². The van der Waals surface area contributed by atoms with Crippen molar-refractivity contribution in [3.63, 3.8) is 0 Å². The average Bonchev–Trinajstić information content (AvgIpc) is 2.94. The highest BCUT2D eigenvalue weighted by Gasteiger charge is 2.42. The van der Waals surface area contributed by atoms with Crippen LogP contribution in [0.15, 0.2) is 59.9 Å². The Bertz CT molecular complexity index is 1080. The van der Waals surface area contributed by atoms with Gasteiger partial charge in [-0.15, -0.1) is 23.5 Å². The Morgan fingerprint density at radius 2 is 2.05 bits per heavy atom. The number of hydrogen-bond donors (Lipinski definition) is 0. The minimum absolute atomic E-state index is 0.0634. The van der Waals surface area contributed by atoms with E-state index in [1.54, 1.807) is 0 Å². The number of rotatable bonds is 9. The van der Waals surface area contributed by atoms with Crippen molar-refractivity contribution in [2.24, 2.45) is 0 Å². The van der Waals surface area contributed by atoms with E-state index in [0.717, 1.165) is 43.3 Å². The molecule has 38 heavy (non-hydrogen) atoms. The molecule has 8 heteroatoms. The predicted molar refractivity (Wildman–Crippen MR) is 175 cm³/mol. The van der Waals surface area contributed by atoms with Gasteiger partial charge >= 0.3 is 0 Å². The Hall–Kier alpha value is -0.600. The third kappa shape index (κ3) is 7.37. The first-order valence-corrected chi connectivity index (χ1v) is 19.9. The zero-order valence-electron chi connectivity index (χ0n) is 22.3. The smallest absolute Gasteiger partial charge is 0.139 e. The van der Waals surface area contributed by atoms with E-state index in [9.17, 15) is 0 Å². The van der Waals surface area contributed by atoms with Gasteiger partial charge in [0.05, 0.1) is 4.08 Å². The third-order valence-electron chi connectivity index (χ3n) is 7.66. The molecular formula is C30H39INO3PS2. The highest BCUT2D eigenvalue weighted by atomic mass is 127. The summed E-state index contributed by atoms with van der Waals surface area (Å²) in [5.74, 6) is 5.28. The Morgan fingerprint density at radius 1 is 1.21 bits per heavy atom. The Kier molecular flexibility index (Phi) is 10.9. The molecule has 5 rings (SSSR count). The first-order valence-electron chi connectivity index (χ1n) is 13.9. The summed E-state index contributed by atoms with van der Waals surface area (Å²) in [5.41, 5.74) is 4.19. The van der Waals surface area contributed by atoms with Crippen molar-refractivity contribution in [2.75, 3.05) is 37.7 Å². The number of benzene rings is 1. The average molecular weight is 684 g/mol. The number of fused-ring (bicyclic) bond motifs is 2. The molecule has 0 amide bonds. The molecule has 2 fully saturated rings. The van der Waals surface area contributed by atoms with Gasteiger partial charge in [0.25, 0.3) is 0 Å². The van der Waals surface area contributed by atoms with Crippen molar-refractivity contribution in [1.29, 1.82) is 0 Å². The first kappa shape index (κ1) is 28.9. The fourth-order valence-corrected chi connectivity index (χ4v) is 10.1. The summed E-state index contributed by atoms with van der Waals surface area (Å²) in [5, 5.41) is 0. The quantitative estimate of drug-likeness (QED) is 0.112. The van der Waals surface area contributed by atoms with Crippen LogP contribution in [0.2, 0.25) is 0 Å². The highest BCUT2D eigenvalue weighted by molar-refractivity contribution is 14.2. The van der Waals surface area contributed by atoms with Crippen LogP contribution in [0.1, 0.15) is 57.4 Å². The van der Waals surface area contributed by atoms with Crippen molar-refractivity contribution in [2.45, 2.75) is 62.1 Å². The van der Waals surface area contributed by atoms with E-state index < -0.39 is 0 Å². The lowest BCUT2D eigenvalue weighted by Gasteiger charge is -2.44. The maximum Gasteiger partial charge on any atom is 0.139 e. The van der Waals surface area contributed by atoms with Crippen LogP contribution in [0.4, 0.5) is 0 Å². The normalized spacial score (nSPS) is 24.3. The Balaban J connectivity index is 1.34. The minimum atomic E-state index is -0.0634. The molecule has 0 aromatic heterocycles. The fraction of sp³-hybridized carbons (Fsp3) is 0.533. The second kappa shape index (κ2) is 14.3. The highest BCUT2D eigenvalue weighted by Crippen LogP contribution is 2.57. The van der Waals surface area contributed by atoms with Gasteiger partial charge in [0, 0.05) is 18.2 Å². The van der Waals surface area contributed by atoms with E-state index in [0.29, 0.717) is 10.5 Å². The van der Waals surface area contributed by atoms with Crippen LogP contribution < -0.4 is 9.26 Å². The molecule has 0 radical (unpaired) electrons. The van der Waals surface area contributed by atoms with Crippen LogP contribution in [0.5, 0.6) is 11.5 Å². The minimum Gasteiger partial charge on any atom is -0.492 e. The first-order chi connectivity index (χ1) is 18.7. The lowest BCUT2D eigenvalue weighted by Crippen LogP contribution is -2.35. The lowest BCUT2D eigenvalue weighted by atomic mass is 9.82. The van der Waals surface area contributed by atoms with Gasteiger partial charge in [-0.1, -0.05) is 18.6 Å². The van der Waals surface area contributed by atoms with Gasteiger partial charge in [0.15, 0.2) is 0 Å². The molecule has 1 unspecified atom stereocenters. The SMILES string of the molecule is C\C=C/C(=C\C=C\[C@H]1Oc2cc(OPI)ccc2C2=C1CC1(CC2)SCCCS1)OCCN1CCCCC1. The molecule has 2 atom stereocenters. The zero-order valence-corrected chi connectivity index (χ0v) is 27.0. The summed E-state index contributed by atoms with van der Waals surface area (Å²) in [4.78, 5) is 2.52. The molecule has 0 saturated carbocycles. The molecule has 1 aliphatic carbocycles. The summed E-state index contributed by atoms with van der Waals surface area (Å²) in [6.07, 6.45) is 19.2. The third-order valence-corrected chi connectivity index (χ3v) is 12.1. The zero-order chi connectivity index (χ0) is 26.2. The monoisotopic (exact) mass is 683 g/mol. The number of likely N-dealkylation sites (tertiary alicyclic amines) is 1. The molecule has 0 N–H and O–H groups in total. The molecule has 206 valence electrons. The number of halogens is 1. The predicted octanol–water partition coefficient (Wildman–Crippen LogP) is 8.79. The maximum atomic E-state index is 6.69. The second-order valence-corrected chi connectivity index (χ2v) is 15.1. The molecule has 3 aliphatic heterocycles. The molecule has 1 aromatic carbocycles. The second-order valence-electron chi connectivity index (χ2n) is 10.2. The molecule has 4 nitrogen and oxygen atoms in total. The largest absolute Gasteiger partial charge is 0.492 e. The number of allylic oxidation sites excluding steroid dienone is 5. The van der Waals surface area contributed by atoms with E-state index >= 15 is 0 Å². The van der Waals surface area contributed by atoms with Crippen LogP contribution in [0.3, 0.4) is 0 Å². The number of ether oxygens (including phenoxy) is 2. The van der Waals surface area contributed by atoms with E-state index in [1.807, 2.05) is 13.0 Å². The number of thioether (sulfide) groups is 2. The molecule has 1 aromatic rings. The van der Waals surface area contributed by atoms with Gasteiger partial charge in [0.2, 0.25) is 0 Å². The van der Waals surface area contributed by atoms with Gasteiger partial charge in [-0.3, -0.25) is 4.90 Å². The fourth-order valence-electron chi connectivity index (χ4n) is 5.77. The Labute approximate surface area is 251 Å². The van der Waals surface area contributed by atoms with Crippen LogP contribution in [0.25, 0.3) is 5.57 Å². The van der Waals surface area contributed by atoms with E-state index in [-0.39, 0.29) is 6.10 Å². The number of nitrogens with zero attached hydrogens (tertiary/aromatic N) is 1. The summed E-state index contributed by atoms with van der Waals surface area (Å²) in [6, 6.07) is 6.37. The van der Waals surface area contributed by atoms with Crippen LogP contribution in [0, 0.1) is 0 Å². The molecular weight excluding hydrogens is 644 g/mol. The molecule has 3 heterocycles. The van der Waals surface area contributed by atoms with Gasteiger partial charge in [-0.05, 0) is 134 Å². The van der Waals surface area contributed by atoms with Crippen molar-refractivity contribution >= 4 is 57.6 Å². The summed E-state index contributed by atoms with van der Waals surface area (Å²) < 4.78 is 19.0. The standard InChI is InChI=1S/C30H39INO3PS2/c1-2-8-23(33-18-17-32-15-4-3-5-16-32)9-6-10-28-27-22-30(37-19-7-20-38-30)14-13-25(27)26-12-11-24(35-36-31)21-29(26)34-28/h2,6,8-12,21,28,36H,3-5,7,13-20,22H2,1H3/b8-2-,10-6+,23-9+/t28-/m1/s1. The van der Waals surface area contributed by atoms with E-state index in [2.05, 4.69) is 93.0 Å². The van der Waals surface area contributed by atoms with Crippen LogP contribution in [-0.4, -0.2) is 52.8 Å². The topological polar surface area (TPSA) is 30.9 Å². The van der Waals surface area contributed by atoms with Gasteiger partial charge in [-0.2, -0.15) is 0 Å². The van der Waals surface area contributed by atoms with E-state index in [4.69, 9.17) is 14.0 Å². The van der Waals surface area contributed by atoms with Crippen molar-refractivity contribution < 1.29 is 14.0 Å². The van der Waals surface area contributed by atoms with Crippen molar-refractivity contribution in [3.05, 3.63) is 65.5 Å². The number of hydrogen-bond acceptors (Lipinski definition) is 6. The molecule has 1 spiro atoms. The lowest BCUT2D eigenvalue weighted by molar-refractivity contribution is 0.148. The summed E-state index contributed by atoms with van der Waals surface area (Å²) in [6.45, 7) is 6.56. The maximum absolute atomic E-state index is 6.69. The van der Waals surface area contributed by atoms with E-state index in [1.165, 1.54) is 73.4 Å². The van der Waals surface area contributed by atoms with Gasteiger partial charge in [0.1, 0.15) is 36.4 Å². The van der Waals surface area contributed by atoms with Crippen molar-refractivity contribution in [1.82, 2.24) is 4.90 Å². The molecule has 4 aliphatic rings. The van der Waals surface area contributed by atoms with Crippen LogP contribution in [-0.2, 0) is 4.74 Å². The van der Waals surface area contributed by atoms with Gasteiger partial charge < -0.3 is 14.0 Å². The van der Waals surface area contributed by atoms with Crippen molar-refractivity contribution in [3.8, 4) is 11.5 Å². The van der Waals surface area contributed by atoms with Gasteiger partial charge in [-0.25, -0.2) is 0 Å². The molecule has 0 bridgehead atoms. The summed E-state index contributed by atoms with van der Waals surface area (Å²) in [7, 11) is 0. The Morgan fingerprint density at radius 3 is 2.84 bits per heavy atom. The molecule has 2 saturated heterocycles. The summed E-state index contributed by atoms with van der Waals surface area (Å²) >= 11 is 6.62.